The smallest absolute Gasteiger partial charge is 0.273 e. The van der Waals surface area contributed by atoms with E-state index in [4.69, 9.17) is 4.74 Å². The molecule has 1 aliphatic rings. The average molecular weight is 407 g/mol. The predicted molar refractivity (Wildman–Crippen MR) is 120 cm³/mol. The lowest BCUT2D eigenvalue weighted by molar-refractivity contribution is 0.186. The van der Waals surface area contributed by atoms with Crippen LogP contribution < -0.4 is 10.9 Å². The van der Waals surface area contributed by atoms with E-state index in [1.807, 2.05) is 31.7 Å². The highest BCUT2D eigenvalue weighted by Crippen LogP contribution is 2.34. The Morgan fingerprint density at radius 3 is 2.53 bits per heavy atom. The largest absolute Gasteiger partial charge is 0.383 e. The van der Waals surface area contributed by atoms with E-state index in [9.17, 15) is 4.79 Å². The summed E-state index contributed by atoms with van der Waals surface area (Å²) in [5.74, 6) is 0.615. The van der Waals surface area contributed by atoms with Crippen molar-refractivity contribution in [3.63, 3.8) is 0 Å². The predicted octanol–water partition coefficient (Wildman–Crippen LogP) is 4.03. The number of hydrogen-bond acceptors (Lipinski definition) is 4. The van der Waals surface area contributed by atoms with E-state index < -0.39 is 0 Å². The van der Waals surface area contributed by atoms with Crippen LogP contribution in [-0.2, 0) is 18.3 Å². The molecular formula is C24H30N4O2. The third kappa shape index (κ3) is 4.65. The summed E-state index contributed by atoms with van der Waals surface area (Å²) in [4.78, 5) is 13.0. The molecule has 1 N–H and O–H groups in total. The van der Waals surface area contributed by atoms with Crippen LogP contribution in [0.4, 0.5) is 5.69 Å². The molecule has 1 fully saturated rings. The van der Waals surface area contributed by atoms with Crippen LogP contribution in [0.15, 0.2) is 59.8 Å². The zero-order chi connectivity index (χ0) is 20.9. The monoisotopic (exact) mass is 406 g/mol. The summed E-state index contributed by atoms with van der Waals surface area (Å²) >= 11 is 0. The van der Waals surface area contributed by atoms with Crippen LogP contribution in [-0.4, -0.2) is 34.1 Å². The number of aryl methyl sites for hydroxylation is 1. The van der Waals surface area contributed by atoms with E-state index in [0.29, 0.717) is 30.8 Å². The molecule has 6 heteroatoms. The second kappa shape index (κ2) is 9.30. The highest BCUT2D eigenvalue weighted by molar-refractivity contribution is 5.65. The topological polar surface area (TPSA) is 61.1 Å². The van der Waals surface area contributed by atoms with Gasteiger partial charge in [-0.25, -0.2) is 0 Å². The Morgan fingerprint density at radius 1 is 1.10 bits per heavy atom. The van der Waals surface area contributed by atoms with Gasteiger partial charge >= 0.3 is 0 Å². The zero-order valence-electron chi connectivity index (χ0n) is 17.8. The molecule has 0 spiro atoms. The first-order chi connectivity index (χ1) is 14.6. The summed E-state index contributed by atoms with van der Waals surface area (Å²) in [5.41, 5.74) is 4.08. The summed E-state index contributed by atoms with van der Waals surface area (Å²) < 4.78 is 8.71. The molecule has 0 unspecified atom stereocenters. The van der Waals surface area contributed by atoms with Crippen molar-refractivity contribution >= 4 is 5.69 Å². The van der Waals surface area contributed by atoms with Crippen molar-refractivity contribution in [2.24, 2.45) is 7.05 Å². The van der Waals surface area contributed by atoms with Gasteiger partial charge in [-0.05, 0) is 43.2 Å². The maximum absolute atomic E-state index is 13.0. The SMILES string of the molecule is COCCn1cc(-c2cnn(C)c2)cc(NC2CCC(c3ccccc3)CC2)c1=O. The fourth-order valence-electron chi connectivity index (χ4n) is 4.34. The third-order valence-corrected chi connectivity index (χ3v) is 6.02. The fraction of sp³-hybridized carbons (Fsp3) is 0.417. The minimum atomic E-state index is 0.00451. The molecule has 0 amide bonds. The van der Waals surface area contributed by atoms with Crippen LogP contribution >= 0.6 is 0 Å². The Morgan fingerprint density at radius 2 is 1.87 bits per heavy atom. The molecular weight excluding hydrogens is 376 g/mol. The van der Waals surface area contributed by atoms with E-state index in [0.717, 1.165) is 36.8 Å². The van der Waals surface area contributed by atoms with E-state index >= 15 is 0 Å². The van der Waals surface area contributed by atoms with Crippen LogP contribution in [0.1, 0.15) is 37.2 Å². The Bertz CT molecular complexity index is 1020. The van der Waals surface area contributed by atoms with E-state index in [1.165, 1.54) is 5.56 Å². The van der Waals surface area contributed by atoms with Crippen molar-refractivity contribution in [2.45, 2.75) is 44.2 Å². The zero-order valence-corrected chi connectivity index (χ0v) is 17.8. The number of nitrogens with zero attached hydrogens (tertiary/aromatic N) is 3. The van der Waals surface area contributed by atoms with Crippen LogP contribution in [0, 0.1) is 0 Å². The number of anilines is 1. The van der Waals surface area contributed by atoms with Gasteiger partial charge in [0.05, 0.1) is 12.8 Å². The Labute approximate surface area is 177 Å². The first-order valence-corrected chi connectivity index (χ1v) is 10.7. The standard InChI is InChI=1S/C24H30N4O2/c1-27-16-21(15-25-27)20-14-23(24(29)28(17-20)12-13-30-2)26-22-10-8-19(9-11-22)18-6-4-3-5-7-18/h3-7,14-17,19,22,26H,8-13H2,1-2H3. The second-order valence-electron chi connectivity index (χ2n) is 8.14. The van der Waals surface area contributed by atoms with Gasteiger partial charge in [-0.2, -0.15) is 5.10 Å². The lowest BCUT2D eigenvalue weighted by Gasteiger charge is -2.30. The summed E-state index contributed by atoms with van der Waals surface area (Å²) in [5, 5.41) is 7.83. The van der Waals surface area contributed by atoms with Gasteiger partial charge in [0.1, 0.15) is 5.69 Å². The minimum absolute atomic E-state index is 0.00451. The quantitative estimate of drug-likeness (QED) is 0.643. The van der Waals surface area contributed by atoms with Gasteiger partial charge in [0.25, 0.3) is 5.56 Å². The lowest BCUT2D eigenvalue weighted by Crippen LogP contribution is -2.31. The number of nitrogens with one attached hydrogen (secondary N) is 1. The maximum Gasteiger partial charge on any atom is 0.273 e. The van der Waals surface area contributed by atoms with Crippen molar-refractivity contribution in [1.82, 2.24) is 14.3 Å². The Kier molecular flexibility index (Phi) is 6.33. The summed E-state index contributed by atoms with van der Waals surface area (Å²) in [6.45, 7) is 1.02. The first kappa shape index (κ1) is 20.4. The minimum Gasteiger partial charge on any atom is -0.383 e. The molecule has 1 aliphatic carbocycles. The molecule has 3 aromatic rings. The third-order valence-electron chi connectivity index (χ3n) is 6.02. The molecule has 1 saturated carbocycles. The molecule has 30 heavy (non-hydrogen) atoms. The molecule has 158 valence electrons. The summed E-state index contributed by atoms with van der Waals surface area (Å²) in [6.07, 6.45) is 10.1. The molecule has 0 radical (unpaired) electrons. The van der Waals surface area contributed by atoms with Crippen molar-refractivity contribution < 1.29 is 4.74 Å². The van der Waals surface area contributed by atoms with Gasteiger partial charge in [0.15, 0.2) is 0 Å². The lowest BCUT2D eigenvalue weighted by atomic mass is 9.82. The van der Waals surface area contributed by atoms with Crippen LogP contribution in [0.2, 0.25) is 0 Å². The second-order valence-corrected chi connectivity index (χ2v) is 8.14. The van der Waals surface area contributed by atoms with Crippen molar-refractivity contribution in [3.05, 3.63) is 70.9 Å². The van der Waals surface area contributed by atoms with Gasteiger partial charge in [-0.1, -0.05) is 30.3 Å². The highest BCUT2D eigenvalue weighted by Gasteiger charge is 2.23. The van der Waals surface area contributed by atoms with Gasteiger partial charge in [0.2, 0.25) is 0 Å². The molecule has 0 bridgehead atoms. The molecule has 2 aromatic heterocycles. The van der Waals surface area contributed by atoms with Crippen LogP contribution in [0.5, 0.6) is 0 Å². The number of rotatable bonds is 7. The van der Waals surface area contributed by atoms with Crippen molar-refractivity contribution in [1.29, 1.82) is 0 Å². The van der Waals surface area contributed by atoms with Crippen LogP contribution in [0.3, 0.4) is 0 Å². The van der Waals surface area contributed by atoms with E-state index in [1.54, 1.807) is 16.4 Å². The summed E-state index contributed by atoms with van der Waals surface area (Å²) in [7, 11) is 3.55. The number of methoxy groups -OCH3 is 1. The number of hydrogen-bond donors (Lipinski definition) is 1. The van der Waals surface area contributed by atoms with Crippen LogP contribution in [0.25, 0.3) is 11.1 Å². The summed E-state index contributed by atoms with van der Waals surface area (Å²) in [6, 6.07) is 13.0. The van der Waals surface area contributed by atoms with Crippen molar-refractivity contribution in [3.8, 4) is 11.1 Å². The fourth-order valence-corrected chi connectivity index (χ4v) is 4.34. The molecule has 0 aliphatic heterocycles. The normalized spacial score (nSPS) is 19.0. The Hall–Kier alpha value is -2.86. The highest BCUT2D eigenvalue weighted by atomic mass is 16.5. The van der Waals surface area contributed by atoms with E-state index in [-0.39, 0.29) is 5.56 Å². The Balaban J connectivity index is 1.52. The molecule has 6 nitrogen and oxygen atoms in total. The van der Waals surface area contributed by atoms with Gasteiger partial charge in [-0.3, -0.25) is 9.48 Å². The molecule has 0 saturated heterocycles. The van der Waals surface area contributed by atoms with Gasteiger partial charge < -0.3 is 14.6 Å². The molecule has 2 heterocycles. The number of benzene rings is 1. The first-order valence-electron chi connectivity index (χ1n) is 10.7. The van der Waals surface area contributed by atoms with Crippen molar-refractivity contribution in [2.75, 3.05) is 19.0 Å². The average Bonchev–Trinajstić information content (AvgIpc) is 3.22. The maximum atomic E-state index is 13.0. The van der Waals surface area contributed by atoms with Gasteiger partial charge in [-0.15, -0.1) is 0 Å². The number of aromatic nitrogens is 3. The van der Waals surface area contributed by atoms with Gasteiger partial charge in [0, 0.05) is 50.3 Å². The molecule has 1 aromatic carbocycles. The number of pyridine rings is 1. The molecule has 4 rings (SSSR count). The molecule has 0 atom stereocenters. The number of ether oxygens (including phenoxy) is 1. The van der Waals surface area contributed by atoms with E-state index in [2.05, 4.69) is 40.7 Å².